The highest BCUT2D eigenvalue weighted by molar-refractivity contribution is 5.71. The zero-order valence-corrected chi connectivity index (χ0v) is 16.3. The number of carbonyl (C=O) groups is 1. The molecule has 2 fully saturated rings. The van der Waals surface area contributed by atoms with Crippen LogP contribution >= 0.6 is 0 Å². The fraction of sp³-hybridized carbons (Fsp3) is 0.208. The lowest BCUT2D eigenvalue weighted by molar-refractivity contribution is 0.131. The Morgan fingerprint density at radius 1 is 1.00 bits per heavy atom. The molecular formula is C24H17F2N3O2. The molecule has 2 atom stereocenters. The van der Waals surface area contributed by atoms with Gasteiger partial charge in [-0.15, -0.1) is 0 Å². The molecule has 0 bridgehead atoms. The number of hydrogen-bond donors (Lipinski definition) is 1. The van der Waals surface area contributed by atoms with Gasteiger partial charge >= 0.3 is 6.09 Å². The van der Waals surface area contributed by atoms with Crippen LogP contribution in [0.25, 0.3) is 0 Å². The van der Waals surface area contributed by atoms with Gasteiger partial charge in [-0.2, -0.15) is 4.39 Å². The van der Waals surface area contributed by atoms with Gasteiger partial charge in [0.25, 0.3) is 0 Å². The number of hydrogen-bond acceptors (Lipinski definition) is 4. The molecule has 3 heterocycles. The topological polar surface area (TPSA) is 64.1 Å². The summed E-state index contributed by atoms with van der Waals surface area (Å²) in [6.07, 6.45) is 3.90. The van der Waals surface area contributed by atoms with Crippen LogP contribution in [0.5, 0.6) is 0 Å². The zero-order valence-electron chi connectivity index (χ0n) is 16.3. The normalized spacial score (nSPS) is 19.9. The van der Waals surface area contributed by atoms with Crippen LogP contribution in [0.1, 0.15) is 58.9 Å². The minimum atomic E-state index is -0.811. The van der Waals surface area contributed by atoms with Gasteiger partial charge in [-0.25, -0.2) is 14.2 Å². The molecule has 7 heteroatoms. The van der Waals surface area contributed by atoms with Gasteiger partial charge in [0, 0.05) is 40.7 Å². The van der Waals surface area contributed by atoms with E-state index in [1.54, 1.807) is 12.3 Å². The number of rotatable bonds is 3. The first-order valence-corrected chi connectivity index (χ1v) is 9.93. The Morgan fingerprint density at radius 3 is 2.55 bits per heavy atom. The molecule has 154 valence electrons. The lowest BCUT2D eigenvalue weighted by Crippen LogP contribution is -2.21. The second-order valence-electron chi connectivity index (χ2n) is 7.60. The molecule has 0 unspecified atom stereocenters. The molecule has 2 aliphatic rings. The highest BCUT2D eigenvalue weighted by Crippen LogP contribution is 2.39. The second kappa shape index (κ2) is 7.80. The number of cyclic esters (lactones) is 1. The summed E-state index contributed by atoms with van der Waals surface area (Å²) in [5.41, 5.74) is 3.06. The maximum absolute atomic E-state index is 14.6. The van der Waals surface area contributed by atoms with Crippen LogP contribution in [0.4, 0.5) is 13.6 Å². The lowest BCUT2D eigenvalue weighted by Gasteiger charge is -2.18. The molecule has 1 aliphatic heterocycles. The van der Waals surface area contributed by atoms with Crippen LogP contribution in [-0.2, 0) is 4.74 Å². The number of halogens is 2. The standard InChI is InChI=1S/C24H17F2N3O2/c25-18-7-5-17(6-8-18)22-21(29-24(30)31-22)19-11-15(13-28-23(19)26)2-1-14-9-10-27-20(12-14)16-3-4-16/h5-13,16,21-22H,3-4H2,(H,29,30)/t21-,22-/m1/s1. The minimum absolute atomic E-state index is 0.153. The van der Waals surface area contributed by atoms with Crippen molar-refractivity contribution in [2.75, 3.05) is 0 Å². The monoisotopic (exact) mass is 417 g/mol. The van der Waals surface area contributed by atoms with Crippen LogP contribution in [0, 0.1) is 23.6 Å². The number of amides is 1. The van der Waals surface area contributed by atoms with E-state index in [9.17, 15) is 13.6 Å². The highest BCUT2D eigenvalue weighted by Gasteiger charge is 2.38. The smallest absolute Gasteiger partial charge is 0.408 e. The van der Waals surface area contributed by atoms with Gasteiger partial charge in [-0.1, -0.05) is 24.0 Å². The van der Waals surface area contributed by atoms with Crippen molar-refractivity contribution in [2.24, 2.45) is 0 Å². The Bertz CT molecular complexity index is 1210. The summed E-state index contributed by atoms with van der Waals surface area (Å²) in [5.74, 6) is 5.45. The maximum Gasteiger partial charge on any atom is 0.408 e. The fourth-order valence-corrected chi connectivity index (χ4v) is 3.60. The van der Waals surface area contributed by atoms with Crippen LogP contribution in [-0.4, -0.2) is 16.1 Å². The minimum Gasteiger partial charge on any atom is -0.439 e. The van der Waals surface area contributed by atoms with E-state index in [1.807, 2.05) is 12.1 Å². The van der Waals surface area contributed by atoms with E-state index in [-0.39, 0.29) is 5.56 Å². The van der Waals surface area contributed by atoms with Crippen molar-refractivity contribution in [1.82, 2.24) is 15.3 Å². The SMILES string of the molecule is O=C1N[C@H](c2cc(C#Cc3ccnc(C4CC4)c3)cnc2F)[C@@H](c2ccc(F)cc2)O1. The zero-order chi connectivity index (χ0) is 21.4. The van der Waals surface area contributed by atoms with Gasteiger partial charge in [-0.3, -0.25) is 4.98 Å². The molecule has 5 nitrogen and oxygen atoms in total. The summed E-state index contributed by atoms with van der Waals surface area (Å²) in [5, 5.41) is 2.61. The summed E-state index contributed by atoms with van der Waals surface area (Å²) in [4.78, 5) is 20.1. The van der Waals surface area contributed by atoms with Crippen LogP contribution < -0.4 is 5.32 Å². The fourth-order valence-electron chi connectivity index (χ4n) is 3.60. The van der Waals surface area contributed by atoms with Gasteiger partial charge in [0.05, 0.1) is 0 Å². The summed E-state index contributed by atoms with van der Waals surface area (Å²) >= 11 is 0. The summed E-state index contributed by atoms with van der Waals surface area (Å²) in [7, 11) is 0. The van der Waals surface area contributed by atoms with E-state index >= 15 is 0 Å². The number of ether oxygens (including phenoxy) is 1. The number of nitrogens with one attached hydrogen (secondary N) is 1. The quantitative estimate of drug-likeness (QED) is 0.502. The van der Waals surface area contributed by atoms with Crippen molar-refractivity contribution in [3.05, 3.63) is 94.6 Å². The Balaban J connectivity index is 1.45. The third-order valence-corrected chi connectivity index (χ3v) is 5.34. The Morgan fingerprint density at radius 2 is 1.77 bits per heavy atom. The average Bonchev–Trinajstić information content (AvgIpc) is 3.56. The van der Waals surface area contributed by atoms with Gasteiger partial charge in [0.2, 0.25) is 5.95 Å². The van der Waals surface area contributed by atoms with Gasteiger partial charge < -0.3 is 10.1 Å². The third kappa shape index (κ3) is 4.10. The molecule has 5 rings (SSSR count). The number of alkyl carbamates (subject to hydrolysis) is 1. The first-order valence-electron chi connectivity index (χ1n) is 9.93. The molecule has 0 radical (unpaired) electrons. The predicted octanol–water partition coefficient (Wildman–Crippen LogP) is 4.55. The van der Waals surface area contributed by atoms with Crippen molar-refractivity contribution >= 4 is 6.09 Å². The third-order valence-electron chi connectivity index (χ3n) is 5.34. The van der Waals surface area contributed by atoms with Crippen molar-refractivity contribution in [3.63, 3.8) is 0 Å². The molecule has 2 aromatic heterocycles. The first-order chi connectivity index (χ1) is 15.1. The Kier molecular flexibility index (Phi) is 4.83. The van der Waals surface area contributed by atoms with Crippen molar-refractivity contribution in [1.29, 1.82) is 0 Å². The van der Waals surface area contributed by atoms with E-state index in [2.05, 4.69) is 27.1 Å². The molecule has 3 aromatic rings. The summed E-state index contributed by atoms with van der Waals surface area (Å²) < 4.78 is 33.2. The van der Waals surface area contributed by atoms with Crippen LogP contribution in [0.15, 0.2) is 54.9 Å². The van der Waals surface area contributed by atoms with Crippen LogP contribution in [0.3, 0.4) is 0 Å². The van der Waals surface area contributed by atoms with E-state index < -0.39 is 30.0 Å². The molecule has 1 amide bonds. The summed E-state index contributed by atoms with van der Waals surface area (Å²) in [6.45, 7) is 0. The van der Waals surface area contributed by atoms with E-state index in [0.717, 1.165) is 24.1 Å². The van der Waals surface area contributed by atoms with E-state index in [1.165, 1.54) is 30.5 Å². The number of pyridine rings is 2. The lowest BCUT2D eigenvalue weighted by atomic mass is 9.96. The average molecular weight is 417 g/mol. The number of aromatic nitrogens is 2. The molecule has 1 aliphatic carbocycles. The van der Waals surface area contributed by atoms with Crippen molar-refractivity contribution in [2.45, 2.75) is 30.9 Å². The Labute approximate surface area is 177 Å². The molecule has 1 N–H and O–H groups in total. The van der Waals surface area contributed by atoms with Gasteiger partial charge in [-0.05, 0) is 48.7 Å². The molecule has 0 spiro atoms. The predicted molar refractivity (Wildman–Crippen MR) is 108 cm³/mol. The highest BCUT2D eigenvalue weighted by atomic mass is 19.1. The molecule has 31 heavy (non-hydrogen) atoms. The first kappa shape index (κ1) is 19.2. The largest absolute Gasteiger partial charge is 0.439 e. The van der Waals surface area contributed by atoms with E-state index in [4.69, 9.17) is 4.74 Å². The second-order valence-corrected chi connectivity index (χ2v) is 7.60. The van der Waals surface area contributed by atoms with Gasteiger partial charge in [0.1, 0.15) is 11.9 Å². The molecule has 1 saturated heterocycles. The van der Waals surface area contributed by atoms with E-state index in [0.29, 0.717) is 17.0 Å². The van der Waals surface area contributed by atoms with Crippen LogP contribution in [0.2, 0.25) is 0 Å². The maximum atomic E-state index is 14.6. The number of carbonyl (C=O) groups excluding carboxylic acids is 1. The number of nitrogens with zero attached hydrogens (tertiary/aromatic N) is 2. The molecular weight excluding hydrogens is 400 g/mol. The molecule has 1 saturated carbocycles. The van der Waals surface area contributed by atoms with Crippen molar-refractivity contribution < 1.29 is 18.3 Å². The summed E-state index contributed by atoms with van der Waals surface area (Å²) in [6, 6.07) is 10.1. The molecule has 1 aromatic carbocycles. The van der Waals surface area contributed by atoms with Gasteiger partial charge in [0.15, 0.2) is 6.10 Å². The van der Waals surface area contributed by atoms with Crippen molar-refractivity contribution in [3.8, 4) is 11.8 Å². The Hall–Kier alpha value is -3.79. The number of benzene rings is 1.